The molecule has 4 N–H and O–H groups in total. The average Bonchev–Trinajstić information content (AvgIpc) is 2.27. The summed E-state index contributed by atoms with van der Waals surface area (Å²) in [6.07, 6.45) is 1.26. The molecule has 18 heavy (non-hydrogen) atoms. The molecule has 0 aliphatic rings. The lowest BCUT2D eigenvalue weighted by Crippen LogP contribution is -2.35. The number of aliphatic carboxylic acids is 2. The molecular formula is C10H11N3O5. The van der Waals surface area contributed by atoms with Crippen LogP contribution in [0.1, 0.15) is 10.4 Å². The largest absolute Gasteiger partial charge is 0.480 e. The number of carboxylic acids is 2. The van der Waals surface area contributed by atoms with Gasteiger partial charge in [0.05, 0.1) is 0 Å². The fourth-order valence-corrected chi connectivity index (χ4v) is 1.29. The molecule has 0 saturated carbocycles. The summed E-state index contributed by atoms with van der Waals surface area (Å²) < 4.78 is 0. The fourth-order valence-electron chi connectivity index (χ4n) is 1.29. The number of pyridine rings is 1. The fraction of sp³-hybridized carbons (Fsp3) is 0.200. The Morgan fingerprint density at radius 3 is 2.22 bits per heavy atom. The molecule has 1 aromatic heterocycles. The molecule has 1 amide bonds. The molecule has 8 nitrogen and oxygen atoms in total. The van der Waals surface area contributed by atoms with Crippen LogP contribution in [0.2, 0.25) is 0 Å². The van der Waals surface area contributed by atoms with E-state index in [1.165, 1.54) is 18.3 Å². The van der Waals surface area contributed by atoms with Crippen molar-refractivity contribution < 1.29 is 24.6 Å². The Kier molecular flexibility index (Phi) is 4.19. The number of nitrogens with zero attached hydrogens (tertiary/aromatic N) is 2. The molecule has 0 atom stereocenters. The number of nitrogens with two attached hydrogens (primary N) is 1. The highest BCUT2D eigenvalue weighted by atomic mass is 16.4. The number of amides is 1. The molecule has 0 saturated heterocycles. The van der Waals surface area contributed by atoms with Gasteiger partial charge < -0.3 is 20.8 Å². The quantitative estimate of drug-likeness (QED) is 0.601. The molecule has 8 heteroatoms. The van der Waals surface area contributed by atoms with Crippen LogP contribution in [0.4, 0.5) is 5.82 Å². The topological polar surface area (TPSA) is 134 Å². The minimum Gasteiger partial charge on any atom is -0.480 e. The van der Waals surface area contributed by atoms with Crippen LogP contribution in [0.3, 0.4) is 0 Å². The molecule has 0 aliphatic carbocycles. The van der Waals surface area contributed by atoms with Gasteiger partial charge in [-0.25, -0.2) is 4.98 Å². The minimum absolute atomic E-state index is 0.0658. The summed E-state index contributed by atoms with van der Waals surface area (Å²) in [5.74, 6) is -3.05. The van der Waals surface area contributed by atoms with Crippen LogP contribution in [0, 0.1) is 0 Å². The summed E-state index contributed by atoms with van der Waals surface area (Å²) in [5.41, 5.74) is 5.19. The van der Waals surface area contributed by atoms with Crippen molar-refractivity contribution in [2.45, 2.75) is 0 Å². The minimum atomic E-state index is -1.21. The van der Waals surface area contributed by atoms with Gasteiger partial charge >= 0.3 is 11.9 Å². The third kappa shape index (κ3) is 3.74. The van der Waals surface area contributed by atoms with Crippen molar-refractivity contribution in [1.29, 1.82) is 0 Å². The third-order valence-corrected chi connectivity index (χ3v) is 2.01. The van der Waals surface area contributed by atoms with Crippen LogP contribution in [-0.2, 0) is 9.59 Å². The molecule has 0 radical (unpaired) electrons. The van der Waals surface area contributed by atoms with E-state index in [-0.39, 0.29) is 11.4 Å². The van der Waals surface area contributed by atoms with Gasteiger partial charge in [-0.3, -0.25) is 14.4 Å². The van der Waals surface area contributed by atoms with E-state index in [1.807, 2.05) is 0 Å². The first-order chi connectivity index (χ1) is 8.40. The second-order valence-corrected chi connectivity index (χ2v) is 3.41. The lowest BCUT2D eigenvalue weighted by molar-refractivity contribution is -0.136. The van der Waals surface area contributed by atoms with E-state index < -0.39 is 30.9 Å². The standard InChI is InChI=1S/C10H11N3O5/c11-10(18)6-1-2-12-7(3-6)13(4-8(14)15)5-9(16)17/h1-3H,4-5H2,(H2,11,18)(H,14,15)(H,16,17). The van der Waals surface area contributed by atoms with Crippen LogP contribution >= 0.6 is 0 Å². The van der Waals surface area contributed by atoms with E-state index in [4.69, 9.17) is 15.9 Å². The number of carbonyl (C=O) groups excluding carboxylic acids is 1. The Morgan fingerprint density at radius 2 is 1.78 bits per heavy atom. The van der Waals surface area contributed by atoms with Gasteiger partial charge in [0, 0.05) is 11.8 Å². The lowest BCUT2D eigenvalue weighted by atomic mass is 10.2. The summed E-state index contributed by atoms with van der Waals surface area (Å²) >= 11 is 0. The average molecular weight is 253 g/mol. The van der Waals surface area contributed by atoms with Crippen LogP contribution < -0.4 is 10.6 Å². The maximum atomic E-state index is 11.0. The number of carboxylic acid groups (broad SMARTS) is 2. The number of aromatic nitrogens is 1. The van der Waals surface area contributed by atoms with Crippen molar-refractivity contribution in [2.24, 2.45) is 5.73 Å². The maximum absolute atomic E-state index is 11.0. The summed E-state index contributed by atoms with van der Waals surface area (Å²) in [6, 6.07) is 2.60. The normalized spacial score (nSPS) is 9.78. The first-order valence-corrected chi connectivity index (χ1v) is 4.84. The van der Waals surface area contributed by atoms with Crippen molar-refractivity contribution >= 4 is 23.7 Å². The first kappa shape index (κ1) is 13.4. The van der Waals surface area contributed by atoms with Crippen LogP contribution in [-0.4, -0.2) is 46.1 Å². The van der Waals surface area contributed by atoms with Gasteiger partial charge in [-0.2, -0.15) is 0 Å². The Hall–Kier alpha value is -2.64. The molecule has 0 spiro atoms. The lowest BCUT2D eigenvalue weighted by Gasteiger charge is -2.19. The Bertz CT molecular complexity index is 472. The van der Waals surface area contributed by atoms with Gasteiger partial charge in [-0.1, -0.05) is 0 Å². The van der Waals surface area contributed by atoms with Gasteiger partial charge in [0.25, 0.3) is 0 Å². The zero-order chi connectivity index (χ0) is 13.7. The SMILES string of the molecule is NC(=O)c1ccnc(N(CC(=O)O)CC(=O)O)c1. The second kappa shape index (κ2) is 5.62. The molecule has 0 unspecified atom stereocenters. The van der Waals surface area contributed by atoms with E-state index in [1.54, 1.807) is 0 Å². The number of hydrogen-bond acceptors (Lipinski definition) is 5. The predicted molar refractivity (Wildman–Crippen MR) is 60.2 cm³/mol. The van der Waals surface area contributed by atoms with Crippen molar-refractivity contribution in [3.63, 3.8) is 0 Å². The highest BCUT2D eigenvalue weighted by Crippen LogP contribution is 2.12. The predicted octanol–water partition coefficient (Wildman–Crippen LogP) is -0.844. The number of anilines is 1. The van der Waals surface area contributed by atoms with Crippen molar-refractivity contribution in [3.8, 4) is 0 Å². The summed E-state index contributed by atoms with van der Waals surface area (Å²) in [7, 11) is 0. The highest BCUT2D eigenvalue weighted by Gasteiger charge is 2.16. The third-order valence-electron chi connectivity index (χ3n) is 2.01. The second-order valence-electron chi connectivity index (χ2n) is 3.41. The molecule has 96 valence electrons. The molecule has 1 heterocycles. The summed E-state index contributed by atoms with van der Waals surface area (Å²) in [5, 5.41) is 17.4. The summed E-state index contributed by atoms with van der Waals surface area (Å²) in [6.45, 7) is -1.08. The van der Waals surface area contributed by atoms with E-state index in [0.29, 0.717) is 0 Å². The van der Waals surface area contributed by atoms with E-state index in [0.717, 1.165) is 4.90 Å². The van der Waals surface area contributed by atoms with E-state index in [9.17, 15) is 14.4 Å². The molecule has 0 aromatic carbocycles. The van der Waals surface area contributed by atoms with E-state index in [2.05, 4.69) is 4.98 Å². The molecule has 0 fully saturated rings. The molecule has 0 bridgehead atoms. The maximum Gasteiger partial charge on any atom is 0.323 e. The molecule has 1 aromatic rings. The number of hydrogen-bond donors (Lipinski definition) is 3. The van der Waals surface area contributed by atoms with Gasteiger partial charge in [0.2, 0.25) is 5.91 Å². The van der Waals surface area contributed by atoms with Gasteiger partial charge in [0.15, 0.2) is 0 Å². The summed E-state index contributed by atoms with van der Waals surface area (Å²) in [4.78, 5) is 37.1. The highest BCUT2D eigenvalue weighted by molar-refractivity contribution is 5.93. The Labute approximate surface area is 102 Å². The van der Waals surface area contributed by atoms with Crippen LogP contribution in [0.25, 0.3) is 0 Å². The van der Waals surface area contributed by atoms with Crippen molar-refractivity contribution in [3.05, 3.63) is 23.9 Å². The smallest absolute Gasteiger partial charge is 0.323 e. The van der Waals surface area contributed by atoms with Crippen molar-refractivity contribution in [1.82, 2.24) is 4.98 Å². The van der Waals surface area contributed by atoms with Crippen LogP contribution in [0.5, 0.6) is 0 Å². The zero-order valence-corrected chi connectivity index (χ0v) is 9.24. The Balaban J connectivity index is 3.03. The molecule has 0 aliphatic heterocycles. The van der Waals surface area contributed by atoms with Gasteiger partial charge in [-0.15, -0.1) is 0 Å². The van der Waals surface area contributed by atoms with Crippen molar-refractivity contribution in [2.75, 3.05) is 18.0 Å². The van der Waals surface area contributed by atoms with Gasteiger partial charge in [-0.05, 0) is 12.1 Å². The number of carbonyl (C=O) groups is 3. The number of primary amides is 1. The first-order valence-electron chi connectivity index (χ1n) is 4.84. The van der Waals surface area contributed by atoms with Gasteiger partial charge in [0.1, 0.15) is 18.9 Å². The zero-order valence-electron chi connectivity index (χ0n) is 9.24. The number of rotatable bonds is 6. The van der Waals surface area contributed by atoms with E-state index >= 15 is 0 Å². The molecular weight excluding hydrogens is 242 g/mol. The monoisotopic (exact) mass is 253 g/mol. The Morgan fingerprint density at radius 1 is 1.22 bits per heavy atom. The molecule has 1 rings (SSSR count). The van der Waals surface area contributed by atoms with Crippen LogP contribution in [0.15, 0.2) is 18.3 Å².